The summed E-state index contributed by atoms with van der Waals surface area (Å²) in [5.41, 5.74) is 5.68. The van der Waals surface area contributed by atoms with Crippen molar-refractivity contribution in [2.75, 3.05) is 52.9 Å². The summed E-state index contributed by atoms with van der Waals surface area (Å²) in [6.45, 7) is 2.86. The van der Waals surface area contributed by atoms with E-state index in [9.17, 15) is 9.59 Å². The molecule has 0 aliphatic rings. The van der Waals surface area contributed by atoms with Gasteiger partial charge in [0.15, 0.2) is 0 Å². The summed E-state index contributed by atoms with van der Waals surface area (Å²) in [6, 6.07) is -0.282. The Morgan fingerprint density at radius 2 is 1.17 bits per heavy atom. The van der Waals surface area contributed by atoms with Crippen molar-refractivity contribution in [1.29, 1.82) is 0 Å². The SMILES string of the molecule is NC(CCC(=O)O)COCCOCCOCCOCCC(=O)O. The van der Waals surface area contributed by atoms with E-state index < -0.39 is 11.9 Å². The number of rotatable bonds is 17. The Kier molecular flexibility index (Phi) is 14.8. The second kappa shape index (κ2) is 15.6. The largest absolute Gasteiger partial charge is 0.481 e. The van der Waals surface area contributed by atoms with Gasteiger partial charge in [0.25, 0.3) is 0 Å². The summed E-state index contributed by atoms with van der Waals surface area (Å²) in [7, 11) is 0. The van der Waals surface area contributed by atoms with Gasteiger partial charge in [0.2, 0.25) is 0 Å². The van der Waals surface area contributed by atoms with Crippen molar-refractivity contribution >= 4 is 11.9 Å². The Morgan fingerprint density at radius 1 is 0.739 bits per heavy atom. The predicted octanol–water partition coefficient (Wildman–Crippen LogP) is -0.280. The van der Waals surface area contributed by atoms with Gasteiger partial charge in [0.1, 0.15) is 0 Å². The molecule has 9 nitrogen and oxygen atoms in total. The van der Waals surface area contributed by atoms with Gasteiger partial charge < -0.3 is 34.9 Å². The van der Waals surface area contributed by atoms with Crippen molar-refractivity contribution in [3.05, 3.63) is 0 Å². The molecule has 4 N–H and O–H groups in total. The lowest BCUT2D eigenvalue weighted by Gasteiger charge is -2.11. The normalized spacial score (nSPS) is 12.2. The zero-order valence-electron chi connectivity index (χ0n) is 13.3. The summed E-state index contributed by atoms with van der Waals surface area (Å²) < 4.78 is 20.8. The smallest absolute Gasteiger partial charge is 0.305 e. The third kappa shape index (κ3) is 18.7. The van der Waals surface area contributed by atoms with Crippen molar-refractivity contribution in [2.45, 2.75) is 25.3 Å². The maximum Gasteiger partial charge on any atom is 0.305 e. The highest BCUT2D eigenvalue weighted by molar-refractivity contribution is 5.66. The second-order valence-corrected chi connectivity index (χ2v) is 4.75. The summed E-state index contributed by atoms with van der Waals surface area (Å²) in [6.07, 6.45) is 0.417. The molecule has 0 spiro atoms. The number of hydrogen-bond acceptors (Lipinski definition) is 7. The molecule has 0 bridgehead atoms. The third-order valence-corrected chi connectivity index (χ3v) is 2.64. The van der Waals surface area contributed by atoms with Gasteiger partial charge in [0, 0.05) is 12.5 Å². The lowest BCUT2D eigenvalue weighted by Crippen LogP contribution is -2.27. The fraction of sp³-hybridized carbons (Fsp3) is 0.857. The topological polar surface area (TPSA) is 138 Å². The van der Waals surface area contributed by atoms with Crippen molar-refractivity contribution in [1.82, 2.24) is 0 Å². The van der Waals surface area contributed by atoms with Crippen LogP contribution in [-0.2, 0) is 28.5 Å². The van der Waals surface area contributed by atoms with E-state index in [-0.39, 0.29) is 25.5 Å². The van der Waals surface area contributed by atoms with Gasteiger partial charge in [-0.25, -0.2) is 0 Å². The second-order valence-electron chi connectivity index (χ2n) is 4.75. The number of carbonyl (C=O) groups is 2. The van der Waals surface area contributed by atoms with Crippen LogP contribution in [0.2, 0.25) is 0 Å². The van der Waals surface area contributed by atoms with Crippen molar-refractivity contribution in [3.63, 3.8) is 0 Å². The first-order valence-corrected chi connectivity index (χ1v) is 7.52. The molecule has 0 saturated carbocycles. The molecule has 9 heteroatoms. The molecule has 0 heterocycles. The molecule has 0 fully saturated rings. The average Bonchev–Trinajstić information content (AvgIpc) is 2.49. The highest BCUT2D eigenvalue weighted by Crippen LogP contribution is 1.95. The number of nitrogens with two attached hydrogens (primary N) is 1. The number of carboxylic acid groups (broad SMARTS) is 2. The summed E-state index contributed by atoms with van der Waals surface area (Å²) >= 11 is 0. The highest BCUT2D eigenvalue weighted by atomic mass is 16.6. The van der Waals surface area contributed by atoms with Crippen molar-refractivity contribution in [2.24, 2.45) is 5.73 Å². The minimum Gasteiger partial charge on any atom is -0.481 e. The number of aliphatic carboxylic acids is 2. The quantitative estimate of drug-likeness (QED) is 0.306. The van der Waals surface area contributed by atoms with E-state index in [1.54, 1.807) is 0 Å². The number of ether oxygens (including phenoxy) is 4. The molecule has 0 radical (unpaired) electrons. The zero-order valence-corrected chi connectivity index (χ0v) is 13.3. The van der Waals surface area contributed by atoms with Gasteiger partial charge in [0.05, 0.1) is 59.3 Å². The molecule has 0 aliphatic carbocycles. The summed E-state index contributed by atoms with van der Waals surface area (Å²) in [4.78, 5) is 20.6. The molecule has 0 aromatic rings. The molecule has 1 unspecified atom stereocenters. The fourth-order valence-electron chi connectivity index (χ4n) is 1.45. The fourth-order valence-corrected chi connectivity index (χ4v) is 1.45. The highest BCUT2D eigenvalue weighted by Gasteiger charge is 2.05. The average molecular weight is 337 g/mol. The molecular weight excluding hydrogens is 310 g/mol. The molecule has 0 aromatic heterocycles. The van der Waals surface area contributed by atoms with E-state index >= 15 is 0 Å². The van der Waals surface area contributed by atoms with Crippen LogP contribution in [0.3, 0.4) is 0 Å². The van der Waals surface area contributed by atoms with E-state index in [0.29, 0.717) is 52.7 Å². The van der Waals surface area contributed by atoms with Gasteiger partial charge in [-0.05, 0) is 6.42 Å². The van der Waals surface area contributed by atoms with E-state index in [1.165, 1.54) is 0 Å². The van der Waals surface area contributed by atoms with E-state index in [4.69, 9.17) is 34.9 Å². The number of carboxylic acids is 2. The molecule has 0 aliphatic heterocycles. The summed E-state index contributed by atoms with van der Waals surface area (Å²) in [5, 5.41) is 16.9. The molecule has 0 rings (SSSR count). The van der Waals surface area contributed by atoms with Crippen molar-refractivity contribution < 1.29 is 38.7 Å². The summed E-state index contributed by atoms with van der Waals surface area (Å²) in [5.74, 6) is -1.75. The molecular formula is C14H27NO8. The monoisotopic (exact) mass is 337 g/mol. The first-order chi connectivity index (χ1) is 11.0. The van der Waals surface area contributed by atoms with Crippen LogP contribution in [0.25, 0.3) is 0 Å². The maximum atomic E-state index is 10.3. The van der Waals surface area contributed by atoms with Crippen LogP contribution in [0.15, 0.2) is 0 Å². The van der Waals surface area contributed by atoms with E-state index in [1.807, 2.05) is 0 Å². The Balaban J connectivity index is 3.13. The molecule has 0 saturated heterocycles. The molecule has 1 atom stereocenters. The Labute approximate surface area is 135 Å². The molecule has 23 heavy (non-hydrogen) atoms. The van der Waals surface area contributed by atoms with Crippen LogP contribution >= 0.6 is 0 Å². The molecule has 0 amide bonds. The molecule has 136 valence electrons. The molecule has 0 aromatic carbocycles. The van der Waals surface area contributed by atoms with Gasteiger partial charge in [-0.3, -0.25) is 9.59 Å². The zero-order chi connectivity index (χ0) is 17.3. The number of hydrogen-bond donors (Lipinski definition) is 3. The maximum absolute atomic E-state index is 10.3. The standard InChI is InChI=1S/C14H27NO8/c15-12(1-2-13(16)17)11-23-10-9-22-8-7-21-6-5-20-4-3-14(18)19/h12H,1-11,15H2,(H,16,17)(H,18,19). The van der Waals surface area contributed by atoms with Crippen LogP contribution in [-0.4, -0.2) is 81.0 Å². The van der Waals surface area contributed by atoms with Crippen LogP contribution in [0.5, 0.6) is 0 Å². The minimum atomic E-state index is -0.885. The van der Waals surface area contributed by atoms with Gasteiger partial charge in [-0.1, -0.05) is 0 Å². The predicted molar refractivity (Wildman–Crippen MR) is 80.4 cm³/mol. The first kappa shape index (κ1) is 21.7. The van der Waals surface area contributed by atoms with Crippen LogP contribution in [0.1, 0.15) is 19.3 Å². The van der Waals surface area contributed by atoms with Crippen LogP contribution < -0.4 is 5.73 Å². The van der Waals surface area contributed by atoms with Crippen molar-refractivity contribution in [3.8, 4) is 0 Å². The van der Waals surface area contributed by atoms with E-state index in [2.05, 4.69) is 0 Å². The lowest BCUT2D eigenvalue weighted by atomic mass is 10.2. The lowest BCUT2D eigenvalue weighted by molar-refractivity contribution is -0.139. The Morgan fingerprint density at radius 3 is 1.65 bits per heavy atom. The van der Waals surface area contributed by atoms with Gasteiger partial charge >= 0.3 is 11.9 Å². The van der Waals surface area contributed by atoms with Crippen LogP contribution in [0.4, 0.5) is 0 Å². The van der Waals surface area contributed by atoms with Crippen LogP contribution in [0, 0.1) is 0 Å². The Bertz CT molecular complexity index is 313. The van der Waals surface area contributed by atoms with E-state index in [0.717, 1.165) is 0 Å². The van der Waals surface area contributed by atoms with Gasteiger partial charge in [-0.2, -0.15) is 0 Å². The van der Waals surface area contributed by atoms with Gasteiger partial charge in [-0.15, -0.1) is 0 Å². The Hall–Kier alpha value is -1.26. The first-order valence-electron chi connectivity index (χ1n) is 7.52. The minimum absolute atomic E-state index is 0.0108. The third-order valence-electron chi connectivity index (χ3n) is 2.64.